The number of aliphatic hydroxyl groups is 2. The highest BCUT2D eigenvalue weighted by Crippen LogP contribution is 2.23. The van der Waals surface area contributed by atoms with Gasteiger partial charge in [-0.3, -0.25) is 0 Å². The van der Waals surface area contributed by atoms with E-state index in [0.29, 0.717) is 11.1 Å². The van der Waals surface area contributed by atoms with Crippen LogP contribution >= 0.6 is 0 Å². The van der Waals surface area contributed by atoms with E-state index < -0.39 is 12.1 Å². The van der Waals surface area contributed by atoms with Crippen LogP contribution in [-0.2, 0) is 6.61 Å². The molecule has 0 aromatic heterocycles. The second-order valence-corrected chi connectivity index (χ2v) is 3.31. The van der Waals surface area contributed by atoms with Gasteiger partial charge >= 0.3 is 0 Å². The van der Waals surface area contributed by atoms with Gasteiger partial charge in [-0.05, 0) is 30.2 Å². The van der Waals surface area contributed by atoms with Crippen LogP contribution in [0.25, 0.3) is 0 Å². The fourth-order valence-electron chi connectivity index (χ4n) is 1.31. The highest BCUT2D eigenvalue weighted by Gasteiger charge is 2.15. The summed E-state index contributed by atoms with van der Waals surface area (Å²) in [5, 5.41) is 27.5. The van der Waals surface area contributed by atoms with Gasteiger partial charge < -0.3 is 21.1 Å². The van der Waals surface area contributed by atoms with Gasteiger partial charge in [0, 0.05) is 0 Å². The Morgan fingerprint density at radius 1 is 1.43 bits per heavy atom. The maximum atomic E-state index is 9.29. The molecule has 4 nitrogen and oxygen atoms in total. The van der Waals surface area contributed by atoms with E-state index in [1.54, 1.807) is 13.0 Å². The van der Waals surface area contributed by atoms with Crippen LogP contribution in [0.15, 0.2) is 18.2 Å². The van der Waals surface area contributed by atoms with Crippen molar-refractivity contribution in [1.82, 2.24) is 0 Å². The standard InChI is InChI=1S/C10H15NO3/c1-6(13)10(11)9-3-2-8(14)4-7(9)5-12/h2-4,6,10,12-14H,5,11H2,1H3/t6-,10-/m1/s1. The smallest absolute Gasteiger partial charge is 0.115 e. The molecule has 0 saturated carbocycles. The van der Waals surface area contributed by atoms with E-state index in [0.717, 1.165) is 0 Å². The summed E-state index contributed by atoms with van der Waals surface area (Å²) < 4.78 is 0. The lowest BCUT2D eigenvalue weighted by Gasteiger charge is -2.18. The molecule has 0 unspecified atom stereocenters. The van der Waals surface area contributed by atoms with Crippen molar-refractivity contribution in [3.63, 3.8) is 0 Å². The monoisotopic (exact) mass is 197 g/mol. The van der Waals surface area contributed by atoms with Gasteiger partial charge in [-0.15, -0.1) is 0 Å². The Morgan fingerprint density at radius 3 is 2.57 bits per heavy atom. The topological polar surface area (TPSA) is 86.7 Å². The molecule has 14 heavy (non-hydrogen) atoms. The minimum Gasteiger partial charge on any atom is -0.508 e. The Morgan fingerprint density at radius 2 is 2.07 bits per heavy atom. The number of nitrogens with two attached hydrogens (primary N) is 1. The number of rotatable bonds is 3. The predicted molar refractivity (Wildman–Crippen MR) is 52.6 cm³/mol. The molecular weight excluding hydrogens is 182 g/mol. The highest BCUT2D eigenvalue weighted by atomic mass is 16.3. The molecule has 0 aliphatic rings. The zero-order valence-corrected chi connectivity index (χ0v) is 8.01. The number of benzene rings is 1. The zero-order chi connectivity index (χ0) is 10.7. The summed E-state index contributed by atoms with van der Waals surface area (Å²) in [6.45, 7) is 1.38. The molecule has 0 aliphatic heterocycles. The first-order valence-corrected chi connectivity index (χ1v) is 4.42. The van der Waals surface area contributed by atoms with Crippen molar-refractivity contribution < 1.29 is 15.3 Å². The van der Waals surface area contributed by atoms with Crippen molar-refractivity contribution in [2.75, 3.05) is 0 Å². The first-order valence-electron chi connectivity index (χ1n) is 4.42. The molecule has 2 atom stereocenters. The normalized spacial score (nSPS) is 15.1. The average Bonchev–Trinajstić information content (AvgIpc) is 2.16. The maximum Gasteiger partial charge on any atom is 0.115 e. The minimum absolute atomic E-state index is 0.0793. The molecule has 0 bridgehead atoms. The van der Waals surface area contributed by atoms with E-state index in [9.17, 15) is 10.2 Å². The number of aliphatic hydroxyl groups excluding tert-OH is 2. The van der Waals surface area contributed by atoms with Gasteiger partial charge in [0.25, 0.3) is 0 Å². The van der Waals surface area contributed by atoms with E-state index in [4.69, 9.17) is 10.8 Å². The molecule has 1 rings (SSSR count). The molecule has 0 spiro atoms. The van der Waals surface area contributed by atoms with E-state index in [2.05, 4.69) is 0 Å². The van der Waals surface area contributed by atoms with Crippen molar-refractivity contribution in [3.05, 3.63) is 29.3 Å². The summed E-state index contributed by atoms with van der Waals surface area (Å²) in [6, 6.07) is 3.99. The summed E-state index contributed by atoms with van der Waals surface area (Å²) in [5.74, 6) is 0.0793. The number of aromatic hydroxyl groups is 1. The number of phenolic OH excluding ortho intramolecular Hbond substituents is 1. The summed E-state index contributed by atoms with van der Waals surface area (Å²) in [6.07, 6.45) is -0.690. The maximum absolute atomic E-state index is 9.29. The van der Waals surface area contributed by atoms with E-state index in [-0.39, 0.29) is 12.4 Å². The highest BCUT2D eigenvalue weighted by molar-refractivity contribution is 5.36. The third kappa shape index (κ3) is 2.23. The third-order valence-electron chi connectivity index (χ3n) is 2.18. The van der Waals surface area contributed by atoms with Crippen LogP contribution in [-0.4, -0.2) is 21.4 Å². The lowest BCUT2D eigenvalue weighted by molar-refractivity contribution is 0.162. The molecule has 0 aliphatic carbocycles. The number of hydrogen-bond acceptors (Lipinski definition) is 4. The molecule has 1 aromatic carbocycles. The largest absolute Gasteiger partial charge is 0.508 e. The van der Waals surface area contributed by atoms with Gasteiger partial charge in [0.15, 0.2) is 0 Å². The van der Waals surface area contributed by atoms with Gasteiger partial charge in [-0.1, -0.05) is 6.07 Å². The van der Waals surface area contributed by atoms with Gasteiger partial charge in [-0.25, -0.2) is 0 Å². The molecule has 0 amide bonds. The number of hydrogen-bond donors (Lipinski definition) is 4. The van der Waals surface area contributed by atoms with Crippen LogP contribution in [0.3, 0.4) is 0 Å². The predicted octanol–water partition coefficient (Wildman–Crippen LogP) is 0.265. The Kier molecular flexibility index (Phi) is 3.46. The summed E-state index contributed by atoms with van der Waals surface area (Å²) in [4.78, 5) is 0. The molecule has 0 fully saturated rings. The quantitative estimate of drug-likeness (QED) is 0.560. The fraction of sp³-hybridized carbons (Fsp3) is 0.400. The first-order chi connectivity index (χ1) is 6.56. The van der Waals surface area contributed by atoms with Crippen molar-refractivity contribution in [3.8, 4) is 5.75 Å². The molecular formula is C10H15NO3. The lowest BCUT2D eigenvalue weighted by Crippen LogP contribution is -2.24. The molecule has 4 heteroatoms. The summed E-state index contributed by atoms with van der Waals surface area (Å²) >= 11 is 0. The zero-order valence-electron chi connectivity index (χ0n) is 8.01. The fourth-order valence-corrected chi connectivity index (χ4v) is 1.31. The van der Waals surface area contributed by atoms with Crippen molar-refractivity contribution in [2.24, 2.45) is 5.73 Å². The van der Waals surface area contributed by atoms with Crippen molar-refractivity contribution in [1.29, 1.82) is 0 Å². The molecule has 78 valence electrons. The summed E-state index contributed by atoms with van der Waals surface area (Å²) in [7, 11) is 0. The van der Waals surface area contributed by atoms with E-state index in [1.165, 1.54) is 12.1 Å². The van der Waals surface area contributed by atoms with E-state index in [1.807, 2.05) is 0 Å². The molecule has 1 aromatic rings. The molecule has 0 saturated heterocycles. The molecule has 0 radical (unpaired) electrons. The van der Waals surface area contributed by atoms with Crippen LogP contribution < -0.4 is 5.73 Å². The van der Waals surface area contributed by atoms with Crippen LogP contribution in [0.5, 0.6) is 5.75 Å². The van der Waals surface area contributed by atoms with Crippen LogP contribution in [0.4, 0.5) is 0 Å². The van der Waals surface area contributed by atoms with Gasteiger partial charge in [0.1, 0.15) is 5.75 Å². The average molecular weight is 197 g/mol. The first kappa shape index (κ1) is 11.0. The Balaban J connectivity index is 3.07. The van der Waals surface area contributed by atoms with Crippen LogP contribution in [0.2, 0.25) is 0 Å². The van der Waals surface area contributed by atoms with Crippen LogP contribution in [0, 0.1) is 0 Å². The van der Waals surface area contributed by atoms with E-state index >= 15 is 0 Å². The minimum atomic E-state index is -0.690. The Hall–Kier alpha value is -1.10. The van der Waals surface area contributed by atoms with Gasteiger partial charge in [-0.2, -0.15) is 0 Å². The van der Waals surface area contributed by atoms with Gasteiger partial charge in [0.05, 0.1) is 18.8 Å². The lowest BCUT2D eigenvalue weighted by atomic mass is 9.98. The Bertz CT molecular complexity index is 312. The molecule has 5 N–H and O–H groups in total. The van der Waals surface area contributed by atoms with Gasteiger partial charge in [0.2, 0.25) is 0 Å². The Labute approximate surface area is 82.6 Å². The molecule has 0 heterocycles. The van der Waals surface area contributed by atoms with Crippen molar-refractivity contribution >= 4 is 0 Å². The SMILES string of the molecule is C[C@@H](O)[C@@H](N)c1ccc(O)cc1CO. The second kappa shape index (κ2) is 4.41. The second-order valence-electron chi connectivity index (χ2n) is 3.31. The van der Waals surface area contributed by atoms with Crippen LogP contribution in [0.1, 0.15) is 24.1 Å². The number of phenols is 1. The third-order valence-corrected chi connectivity index (χ3v) is 2.18. The van der Waals surface area contributed by atoms with Crippen molar-refractivity contribution in [2.45, 2.75) is 25.7 Å². The summed E-state index contributed by atoms with van der Waals surface area (Å²) in [5.41, 5.74) is 6.91.